The van der Waals surface area contributed by atoms with Crippen LogP contribution in [-0.2, 0) is 0 Å². The minimum atomic E-state index is -2.60. The van der Waals surface area contributed by atoms with Crippen molar-refractivity contribution in [2.45, 2.75) is 37.6 Å². The number of H-pyrrole nitrogens is 1. The van der Waals surface area contributed by atoms with E-state index >= 15 is 0 Å². The topological polar surface area (TPSA) is 81.3 Å². The normalized spacial score (nSPS) is 20.8. The van der Waals surface area contributed by atoms with Gasteiger partial charge in [0.1, 0.15) is 11.5 Å². The third-order valence-electron chi connectivity index (χ3n) is 7.28. The lowest BCUT2D eigenvalue weighted by Gasteiger charge is -2.39. The number of amides is 1. The van der Waals surface area contributed by atoms with E-state index in [-0.39, 0.29) is 22.6 Å². The van der Waals surface area contributed by atoms with Gasteiger partial charge in [-0.05, 0) is 48.9 Å². The monoisotopic (exact) mass is 499 g/mol. The van der Waals surface area contributed by atoms with Crippen molar-refractivity contribution in [3.8, 4) is 0 Å². The Bertz CT molecular complexity index is 1290. The van der Waals surface area contributed by atoms with Crippen LogP contribution < -0.4 is 15.8 Å². The number of aromatic nitrogens is 2. The smallest absolute Gasteiger partial charge is 0.270 e. The molecule has 0 bridgehead atoms. The van der Waals surface area contributed by atoms with Gasteiger partial charge in [-0.1, -0.05) is 12.1 Å². The van der Waals surface area contributed by atoms with Crippen molar-refractivity contribution in [3.63, 3.8) is 0 Å². The van der Waals surface area contributed by atoms with E-state index in [9.17, 15) is 22.8 Å². The maximum atomic E-state index is 14.1. The van der Waals surface area contributed by atoms with Crippen LogP contribution >= 0.6 is 0 Å². The molecule has 1 aliphatic heterocycles. The molecule has 7 nitrogen and oxygen atoms in total. The largest absolute Gasteiger partial charge is 0.368 e. The Balaban J connectivity index is 1.17. The van der Waals surface area contributed by atoms with Crippen LogP contribution in [0, 0.1) is 5.82 Å². The fourth-order valence-electron chi connectivity index (χ4n) is 5.40. The first kappa shape index (κ1) is 24.3. The third-order valence-corrected chi connectivity index (χ3v) is 7.28. The number of carbonyl (C=O) groups is 1. The number of aromatic amines is 1. The van der Waals surface area contributed by atoms with E-state index in [0.29, 0.717) is 11.4 Å². The molecule has 2 unspecified atom stereocenters. The maximum absolute atomic E-state index is 14.1. The molecule has 1 aliphatic carbocycles. The summed E-state index contributed by atoms with van der Waals surface area (Å²) in [6.07, 6.45) is 1.97. The molecule has 1 aromatic carbocycles. The van der Waals surface area contributed by atoms with Crippen LogP contribution in [0.5, 0.6) is 0 Å². The number of halogens is 3. The molecule has 2 atom stereocenters. The molecule has 1 saturated heterocycles. The van der Waals surface area contributed by atoms with E-state index in [2.05, 4.69) is 25.1 Å². The molecule has 36 heavy (non-hydrogen) atoms. The standard InChI is InChI=1S/C26H28F3N5O2/c27-20-3-1-2-17-13-22(32-26(36)24(17)20)16-4-5-18(12-16)33-8-10-34(11-9-33)19-6-7-21(30-14-19)25(35)31-15-23(28)29/h1-3,6-7,13-14,16,18,23H,4-5,8-12,15H2,(H,31,35)(H,32,36). The number of anilines is 1. The van der Waals surface area contributed by atoms with E-state index < -0.39 is 24.7 Å². The molecule has 2 N–H and O–H groups in total. The van der Waals surface area contributed by atoms with Crippen molar-refractivity contribution < 1.29 is 18.0 Å². The molecule has 1 amide bonds. The highest BCUT2D eigenvalue weighted by molar-refractivity contribution is 5.92. The Morgan fingerprint density at radius 1 is 1.14 bits per heavy atom. The Morgan fingerprint density at radius 2 is 1.94 bits per heavy atom. The zero-order valence-corrected chi connectivity index (χ0v) is 19.7. The molecule has 2 aliphatic rings. The second kappa shape index (κ2) is 10.3. The van der Waals surface area contributed by atoms with Crippen LogP contribution in [0.1, 0.15) is 41.4 Å². The maximum Gasteiger partial charge on any atom is 0.270 e. The fraction of sp³-hybridized carbons (Fsp3) is 0.423. The number of piperazine rings is 1. The summed E-state index contributed by atoms with van der Waals surface area (Å²) in [7, 11) is 0. The molecule has 3 aromatic rings. The second-order valence-electron chi connectivity index (χ2n) is 9.45. The number of nitrogens with zero attached hydrogens (tertiary/aromatic N) is 3. The fourth-order valence-corrected chi connectivity index (χ4v) is 5.40. The molecule has 190 valence electrons. The number of hydrogen-bond acceptors (Lipinski definition) is 5. The average molecular weight is 500 g/mol. The predicted octanol–water partition coefficient (Wildman–Crippen LogP) is 3.52. The third kappa shape index (κ3) is 5.09. The molecule has 0 spiro atoms. The van der Waals surface area contributed by atoms with Gasteiger partial charge in [0.05, 0.1) is 23.8 Å². The van der Waals surface area contributed by atoms with Crippen molar-refractivity contribution in [3.05, 3.63) is 70.2 Å². The van der Waals surface area contributed by atoms with Gasteiger partial charge in [-0.15, -0.1) is 0 Å². The van der Waals surface area contributed by atoms with Gasteiger partial charge in [-0.25, -0.2) is 18.2 Å². The number of nitrogens with one attached hydrogen (secondary N) is 2. The van der Waals surface area contributed by atoms with Gasteiger partial charge >= 0.3 is 0 Å². The summed E-state index contributed by atoms with van der Waals surface area (Å²) < 4.78 is 38.6. The van der Waals surface area contributed by atoms with Crippen LogP contribution in [0.3, 0.4) is 0 Å². The van der Waals surface area contributed by atoms with Gasteiger partial charge in [0.15, 0.2) is 0 Å². The van der Waals surface area contributed by atoms with Gasteiger partial charge in [0.25, 0.3) is 17.9 Å². The summed E-state index contributed by atoms with van der Waals surface area (Å²) in [6, 6.07) is 10.4. The van der Waals surface area contributed by atoms with Crippen LogP contribution in [0.2, 0.25) is 0 Å². The van der Waals surface area contributed by atoms with E-state index in [1.807, 2.05) is 6.07 Å². The summed E-state index contributed by atoms with van der Waals surface area (Å²) in [4.78, 5) is 36.1. The van der Waals surface area contributed by atoms with E-state index in [4.69, 9.17) is 0 Å². The molecule has 5 rings (SSSR count). The number of alkyl halides is 2. The first-order chi connectivity index (χ1) is 17.4. The lowest BCUT2D eigenvalue weighted by molar-refractivity contribution is 0.0887. The van der Waals surface area contributed by atoms with Gasteiger partial charge < -0.3 is 15.2 Å². The summed E-state index contributed by atoms with van der Waals surface area (Å²) >= 11 is 0. The highest BCUT2D eigenvalue weighted by atomic mass is 19.3. The first-order valence-electron chi connectivity index (χ1n) is 12.2. The molecule has 1 saturated carbocycles. The average Bonchev–Trinajstić information content (AvgIpc) is 3.38. The molecular formula is C26H28F3N5O2. The molecule has 10 heteroatoms. The van der Waals surface area contributed by atoms with Crippen LogP contribution in [-0.4, -0.2) is 66.0 Å². The summed E-state index contributed by atoms with van der Waals surface area (Å²) in [5, 5.41) is 2.91. The molecule has 2 aromatic heterocycles. The van der Waals surface area contributed by atoms with Crippen molar-refractivity contribution >= 4 is 22.4 Å². The number of fused-ring (bicyclic) bond motifs is 1. The van der Waals surface area contributed by atoms with Crippen molar-refractivity contribution in [2.24, 2.45) is 0 Å². The number of hydrogen-bond donors (Lipinski definition) is 2. The molecule has 2 fully saturated rings. The number of carbonyl (C=O) groups excluding carboxylic acids is 1. The summed E-state index contributed by atoms with van der Waals surface area (Å²) in [5.41, 5.74) is 1.52. The van der Waals surface area contributed by atoms with Crippen molar-refractivity contribution in [2.75, 3.05) is 37.6 Å². The lowest BCUT2D eigenvalue weighted by atomic mass is 10.00. The quantitative estimate of drug-likeness (QED) is 0.543. The van der Waals surface area contributed by atoms with Gasteiger partial charge in [-0.2, -0.15) is 0 Å². The Hall–Kier alpha value is -3.40. The van der Waals surface area contributed by atoms with Gasteiger partial charge in [0.2, 0.25) is 0 Å². The highest BCUT2D eigenvalue weighted by Crippen LogP contribution is 2.37. The predicted molar refractivity (Wildman–Crippen MR) is 131 cm³/mol. The molecular weight excluding hydrogens is 471 g/mol. The highest BCUT2D eigenvalue weighted by Gasteiger charge is 2.32. The van der Waals surface area contributed by atoms with Crippen LogP contribution in [0.4, 0.5) is 18.9 Å². The second-order valence-corrected chi connectivity index (χ2v) is 9.45. The van der Waals surface area contributed by atoms with Crippen molar-refractivity contribution in [1.82, 2.24) is 20.2 Å². The van der Waals surface area contributed by atoms with Gasteiger partial charge in [0, 0.05) is 43.8 Å². The molecule has 3 heterocycles. The number of benzene rings is 1. The van der Waals surface area contributed by atoms with E-state index in [0.717, 1.165) is 56.8 Å². The first-order valence-corrected chi connectivity index (χ1v) is 12.2. The number of pyridine rings is 2. The summed E-state index contributed by atoms with van der Waals surface area (Å²) in [5.74, 6) is -0.871. The minimum absolute atomic E-state index is 0.114. The summed E-state index contributed by atoms with van der Waals surface area (Å²) in [6.45, 7) is 2.69. The lowest BCUT2D eigenvalue weighted by Crippen LogP contribution is -2.49. The van der Waals surface area contributed by atoms with Crippen LogP contribution in [0.25, 0.3) is 10.8 Å². The zero-order chi connectivity index (χ0) is 25.2. The van der Waals surface area contributed by atoms with Crippen molar-refractivity contribution in [1.29, 1.82) is 0 Å². The SMILES string of the molecule is O=C(NCC(F)F)c1ccc(N2CCN(C3CCC(c4cc5cccc(F)c5c(=O)[nH]4)C3)CC2)cn1. The Labute approximate surface area is 206 Å². The molecule has 0 radical (unpaired) electrons. The zero-order valence-electron chi connectivity index (χ0n) is 19.7. The number of rotatable bonds is 6. The van der Waals surface area contributed by atoms with Gasteiger partial charge in [-0.3, -0.25) is 14.5 Å². The Kier molecular flexibility index (Phi) is 6.95. The Morgan fingerprint density at radius 3 is 2.67 bits per heavy atom. The van der Waals surface area contributed by atoms with E-state index in [1.165, 1.54) is 6.07 Å². The van der Waals surface area contributed by atoms with E-state index in [1.54, 1.807) is 30.5 Å². The van der Waals surface area contributed by atoms with Crippen LogP contribution in [0.15, 0.2) is 47.4 Å². The minimum Gasteiger partial charge on any atom is -0.368 e.